The first-order chi connectivity index (χ1) is 6.42. The molecule has 0 spiro atoms. The molecule has 0 aromatic heterocycles. The molecule has 0 amide bonds. The highest BCUT2D eigenvalue weighted by Gasteiger charge is 2.30. The highest BCUT2D eigenvalue weighted by Crippen LogP contribution is 2.33. The van der Waals surface area contributed by atoms with Gasteiger partial charge in [-0.05, 0) is 17.7 Å². The monoisotopic (exact) mass is 360 g/mol. The number of halogens is 3. The molecule has 0 radical (unpaired) electrons. The lowest BCUT2D eigenvalue weighted by Gasteiger charge is -2.15. The SMILES string of the molecule is O=S(O)C(Br)(Br)Cc1cccc(Cl)c1. The van der Waals surface area contributed by atoms with Crippen molar-refractivity contribution >= 4 is 54.5 Å². The average Bonchev–Trinajstić information content (AvgIpc) is 2.02. The molecule has 1 N–H and O–H groups in total. The van der Waals surface area contributed by atoms with Crippen LogP contribution in [0, 0.1) is 0 Å². The van der Waals surface area contributed by atoms with Gasteiger partial charge in [0.15, 0.2) is 13.6 Å². The first kappa shape index (κ1) is 12.6. The molecule has 0 saturated carbocycles. The first-order valence-corrected chi connectivity index (χ1v) is 6.72. The van der Waals surface area contributed by atoms with Crippen LogP contribution in [0.1, 0.15) is 5.56 Å². The van der Waals surface area contributed by atoms with Crippen LogP contribution in [0.2, 0.25) is 5.02 Å². The Hall–Kier alpha value is 0.580. The lowest BCUT2D eigenvalue weighted by atomic mass is 10.2. The Labute approximate surface area is 107 Å². The maximum absolute atomic E-state index is 10.9. The highest BCUT2D eigenvalue weighted by atomic mass is 79.9. The van der Waals surface area contributed by atoms with Gasteiger partial charge in [0.05, 0.1) is 0 Å². The van der Waals surface area contributed by atoms with E-state index in [4.69, 9.17) is 16.2 Å². The summed E-state index contributed by atoms with van der Waals surface area (Å²) >= 11 is 10.1. The second kappa shape index (κ2) is 5.07. The normalized spacial score (nSPS) is 14.0. The van der Waals surface area contributed by atoms with E-state index in [-0.39, 0.29) is 0 Å². The van der Waals surface area contributed by atoms with Crippen LogP contribution in [-0.4, -0.2) is 11.3 Å². The van der Waals surface area contributed by atoms with Gasteiger partial charge in [0.2, 0.25) is 0 Å². The predicted molar refractivity (Wildman–Crippen MR) is 66.5 cm³/mol. The highest BCUT2D eigenvalue weighted by molar-refractivity contribution is 9.27. The van der Waals surface area contributed by atoms with Crippen molar-refractivity contribution in [3.05, 3.63) is 34.9 Å². The Balaban J connectivity index is 2.83. The molecular formula is C8H7Br2ClO2S. The van der Waals surface area contributed by atoms with Gasteiger partial charge in [-0.25, -0.2) is 4.21 Å². The molecule has 6 heteroatoms. The van der Waals surface area contributed by atoms with Crippen molar-refractivity contribution in [3.63, 3.8) is 0 Å². The summed E-state index contributed by atoms with van der Waals surface area (Å²) in [7, 11) is 0. The fourth-order valence-corrected chi connectivity index (χ4v) is 2.10. The molecule has 1 unspecified atom stereocenters. The zero-order chi connectivity index (χ0) is 10.8. The summed E-state index contributed by atoms with van der Waals surface area (Å²) in [5.74, 6) is 0. The molecule has 0 bridgehead atoms. The number of benzene rings is 1. The van der Waals surface area contributed by atoms with Gasteiger partial charge >= 0.3 is 0 Å². The van der Waals surface area contributed by atoms with Crippen LogP contribution < -0.4 is 0 Å². The summed E-state index contributed by atoms with van der Waals surface area (Å²) in [5.41, 5.74) is 0.883. The Kier molecular flexibility index (Phi) is 4.58. The van der Waals surface area contributed by atoms with Gasteiger partial charge < -0.3 is 4.55 Å². The van der Waals surface area contributed by atoms with E-state index in [1.807, 2.05) is 6.07 Å². The van der Waals surface area contributed by atoms with Crippen molar-refractivity contribution in [2.45, 2.75) is 8.99 Å². The molecule has 1 aromatic carbocycles. The molecule has 1 rings (SSSR count). The van der Waals surface area contributed by atoms with Crippen molar-refractivity contribution in [3.8, 4) is 0 Å². The zero-order valence-electron chi connectivity index (χ0n) is 6.91. The van der Waals surface area contributed by atoms with Crippen molar-refractivity contribution in [2.75, 3.05) is 0 Å². The van der Waals surface area contributed by atoms with Gasteiger partial charge in [-0.15, -0.1) is 0 Å². The van der Waals surface area contributed by atoms with Crippen LogP contribution in [0.5, 0.6) is 0 Å². The topological polar surface area (TPSA) is 37.3 Å². The Morgan fingerprint density at radius 3 is 2.64 bits per heavy atom. The number of hydrogen-bond donors (Lipinski definition) is 1. The summed E-state index contributed by atoms with van der Waals surface area (Å²) in [4.78, 5) is 0. The molecule has 14 heavy (non-hydrogen) atoms. The third-order valence-corrected chi connectivity index (χ3v) is 4.67. The van der Waals surface area contributed by atoms with E-state index in [9.17, 15) is 4.21 Å². The van der Waals surface area contributed by atoms with Gasteiger partial charge in [0.1, 0.15) is 0 Å². The number of hydrogen-bond acceptors (Lipinski definition) is 1. The fourth-order valence-electron chi connectivity index (χ4n) is 0.946. The van der Waals surface area contributed by atoms with Gasteiger partial charge in [-0.3, -0.25) is 0 Å². The maximum atomic E-state index is 10.9. The summed E-state index contributed by atoms with van der Waals surface area (Å²) in [6.45, 7) is 0. The van der Waals surface area contributed by atoms with Crippen molar-refractivity contribution in [1.29, 1.82) is 0 Å². The minimum Gasteiger partial charge on any atom is -0.304 e. The lowest BCUT2D eigenvalue weighted by Crippen LogP contribution is -2.21. The van der Waals surface area contributed by atoms with E-state index in [0.717, 1.165) is 5.56 Å². The van der Waals surface area contributed by atoms with Gasteiger partial charge in [0.25, 0.3) is 0 Å². The molecular weight excluding hydrogens is 355 g/mol. The van der Waals surface area contributed by atoms with Crippen LogP contribution >= 0.6 is 43.5 Å². The Morgan fingerprint density at radius 2 is 2.14 bits per heavy atom. The quantitative estimate of drug-likeness (QED) is 0.660. The van der Waals surface area contributed by atoms with Crippen molar-refractivity contribution in [2.24, 2.45) is 0 Å². The summed E-state index contributed by atoms with van der Waals surface area (Å²) in [6.07, 6.45) is 0.372. The van der Waals surface area contributed by atoms with E-state index in [0.29, 0.717) is 11.4 Å². The number of alkyl halides is 2. The van der Waals surface area contributed by atoms with E-state index in [1.165, 1.54) is 0 Å². The minimum atomic E-state index is -1.99. The second-order valence-electron chi connectivity index (χ2n) is 2.69. The van der Waals surface area contributed by atoms with E-state index >= 15 is 0 Å². The largest absolute Gasteiger partial charge is 0.304 e. The summed E-state index contributed by atoms with van der Waals surface area (Å²) in [5, 5.41) is 0.613. The molecule has 0 aliphatic rings. The summed E-state index contributed by atoms with van der Waals surface area (Å²) < 4.78 is 18.8. The molecule has 0 aliphatic carbocycles. The predicted octanol–water partition coefficient (Wildman–Crippen LogP) is 3.55. The molecule has 78 valence electrons. The van der Waals surface area contributed by atoms with E-state index < -0.39 is 13.6 Å². The van der Waals surface area contributed by atoms with Gasteiger partial charge in [-0.2, -0.15) is 0 Å². The Bertz CT molecular complexity index is 357. The summed E-state index contributed by atoms with van der Waals surface area (Å²) in [6, 6.07) is 7.15. The average molecular weight is 362 g/mol. The number of rotatable bonds is 3. The zero-order valence-corrected chi connectivity index (χ0v) is 11.7. The standard InChI is InChI=1S/C8H7Br2ClO2S/c9-8(10,14(12)13)5-6-2-1-3-7(11)4-6/h1-4H,5H2,(H,12,13). The maximum Gasteiger partial charge on any atom is 0.184 e. The molecule has 0 heterocycles. The third kappa shape index (κ3) is 3.62. The van der Waals surface area contributed by atoms with Crippen LogP contribution in [0.4, 0.5) is 0 Å². The van der Waals surface area contributed by atoms with E-state index in [2.05, 4.69) is 31.9 Å². The lowest BCUT2D eigenvalue weighted by molar-refractivity contribution is 0.558. The van der Waals surface area contributed by atoms with E-state index in [1.54, 1.807) is 18.2 Å². The smallest absolute Gasteiger partial charge is 0.184 e. The molecule has 0 fully saturated rings. The van der Waals surface area contributed by atoms with Crippen LogP contribution in [-0.2, 0) is 17.5 Å². The first-order valence-electron chi connectivity index (χ1n) is 3.65. The molecule has 2 nitrogen and oxygen atoms in total. The van der Waals surface area contributed by atoms with Crippen LogP contribution in [0.25, 0.3) is 0 Å². The van der Waals surface area contributed by atoms with Gasteiger partial charge in [-0.1, -0.05) is 55.6 Å². The molecule has 1 aromatic rings. The second-order valence-corrected chi connectivity index (χ2v) is 9.15. The minimum absolute atomic E-state index is 0.372. The molecule has 1 atom stereocenters. The van der Waals surface area contributed by atoms with Crippen LogP contribution in [0.15, 0.2) is 24.3 Å². The van der Waals surface area contributed by atoms with Crippen molar-refractivity contribution < 1.29 is 8.76 Å². The fraction of sp³-hybridized carbons (Fsp3) is 0.250. The molecule has 0 saturated heterocycles. The molecule has 0 aliphatic heterocycles. The van der Waals surface area contributed by atoms with Crippen molar-refractivity contribution in [1.82, 2.24) is 0 Å². The van der Waals surface area contributed by atoms with Crippen LogP contribution in [0.3, 0.4) is 0 Å². The van der Waals surface area contributed by atoms with Gasteiger partial charge in [0, 0.05) is 11.4 Å². The Morgan fingerprint density at radius 1 is 1.50 bits per heavy atom. The third-order valence-electron chi connectivity index (χ3n) is 1.55.